The number of hydrogen-bond acceptors (Lipinski definition) is 3. The molecule has 6 heteroatoms. The minimum absolute atomic E-state index is 0.257. The van der Waals surface area contributed by atoms with Gasteiger partial charge in [0.05, 0.1) is 5.69 Å². The molecule has 2 N–H and O–H groups in total. The molecule has 2 amide bonds. The SMILES string of the molecule is C=CCNC(=O)c1nc(C(=O)Nc2c(C)cccc2CC)c2n1CCCC2. The molecule has 0 fully saturated rings. The molecule has 0 saturated carbocycles. The quantitative estimate of drug-likeness (QED) is 0.771. The molecule has 1 aromatic heterocycles. The average molecular weight is 366 g/mol. The Morgan fingerprint density at radius 3 is 2.85 bits per heavy atom. The van der Waals surface area contributed by atoms with Gasteiger partial charge in [-0.15, -0.1) is 6.58 Å². The van der Waals surface area contributed by atoms with Crippen LogP contribution in [-0.2, 0) is 19.4 Å². The number of nitrogens with one attached hydrogen (secondary N) is 2. The monoisotopic (exact) mass is 366 g/mol. The number of anilines is 1. The Hall–Kier alpha value is -2.89. The first kappa shape index (κ1) is 18.9. The van der Waals surface area contributed by atoms with Gasteiger partial charge in [0.15, 0.2) is 11.5 Å². The van der Waals surface area contributed by atoms with E-state index in [-0.39, 0.29) is 11.8 Å². The lowest BCUT2D eigenvalue weighted by Gasteiger charge is -2.17. The van der Waals surface area contributed by atoms with E-state index in [9.17, 15) is 9.59 Å². The van der Waals surface area contributed by atoms with Crippen molar-refractivity contribution in [2.75, 3.05) is 11.9 Å². The number of hydrogen-bond donors (Lipinski definition) is 2. The lowest BCUT2D eigenvalue weighted by atomic mass is 10.0. The summed E-state index contributed by atoms with van der Waals surface area (Å²) in [6, 6.07) is 5.98. The number of rotatable bonds is 6. The summed E-state index contributed by atoms with van der Waals surface area (Å²) in [6.45, 7) is 8.72. The lowest BCUT2D eigenvalue weighted by molar-refractivity contribution is 0.0942. The molecule has 3 rings (SSSR count). The predicted octanol–water partition coefficient (Wildman–Crippen LogP) is 3.26. The largest absolute Gasteiger partial charge is 0.346 e. The van der Waals surface area contributed by atoms with Crippen molar-refractivity contribution in [2.24, 2.45) is 0 Å². The van der Waals surface area contributed by atoms with Crippen LogP contribution in [0.3, 0.4) is 0 Å². The maximum absolute atomic E-state index is 13.0. The highest BCUT2D eigenvalue weighted by Crippen LogP contribution is 2.25. The minimum Gasteiger partial charge on any atom is -0.346 e. The molecule has 1 aliphatic heterocycles. The standard InChI is InChI=1S/C21H26N4O2/c1-4-12-22-21(27)19-23-18(16-11-6-7-13-25(16)19)20(26)24-17-14(3)9-8-10-15(17)5-2/h4,8-10H,1,5-7,11-13H2,2-3H3,(H,22,27)(H,24,26). The topological polar surface area (TPSA) is 76.0 Å². The zero-order chi connectivity index (χ0) is 19.4. The van der Waals surface area contributed by atoms with Gasteiger partial charge in [-0.1, -0.05) is 31.2 Å². The molecule has 6 nitrogen and oxygen atoms in total. The van der Waals surface area contributed by atoms with Crippen LogP contribution in [0.4, 0.5) is 5.69 Å². The first-order chi connectivity index (χ1) is 13.1. The van der Waals surface area contributed by atoms with E-state index in [0.29, 0.717) is 24.6 Å². The second kappa shape index (κ2) is 8.20. The molecule has 0 unspecified atom stereocenters. The van der Waals surface area contributed by atoms with Gasteiger partial charge < -0.3 is 15.2 Å². The van der Waals surface area contributed by atoms with E-state index in [1.807, 2.05) is 29.7 Å². The summed E-state index contributed by atoms with van der Waals surface area (Å²) in [4.78, 5) is 29.9. The van der Waals surface area contributed by atoms with Crippen LogP contribution in [0.2, 0.25) is 0 Å². The van der Waals surface area contributed by atoms with Crippen LogP contribution in [-0.4, -0.2) is 27.9 Å². The van der Waals surface area contributed by atoms with Crippen LogP contribution in [0.15, 0.2) is 30.9 Å². The Labute approximate surface area is 159 Å². The van der Waals surface area contributed by atoms with Crippen LogP contribution in [0, 0.1) is 6.92 Å². The first-order valence-electron chi connectivity index (χ1n) is 9.45. The molecular formula is C21H26N4O2. The Kier molecular flexibility index (Phi) is 5.74. The van der Waals surface area contributed by atoms with Crippen molar-refractivity contribution in [3.05, 3.63) is 59.2 Å². The Morgan fingerprint density at radius 2 is 2.11 bits per heavy atom. The summed E-state index contributed by atoms with van der Waals surface area (Å²) >= 11 is 0. The van der Waals surface area contributed by atoms with E-state index in [2.05, 4.69) is 29.1 Å². The number of aryl methyl sites for hydroxylation is 2. The molecule has 0 radical (unpaired) electrons. The van der Waals surface area contributed by atoms with Gasteiger partial charge in [-0.25, -0.2) is 4.98 Å². The van der Waals surface area contributed by atoms with Gasteiger partial charge >= 0.3 is 0 Å². The third kappa shape index (κ3) is 3.79. The summed E-state index contributed by atoms with van der Waals surface area (Å²) in [5.41, 5.74) is 4.12. The lowest BCUT2D eigenvalue weighted by Crippen LogP contribution is -2.28. The van der Waals surface area contributed by atoms with Gasteiger partial charge in [0.1, 0.15) is 0 Å². The molecule has 0 spiro atoms. The Morgan fingerprint density at radius 1 is 1.30 bits per heavy atom. The van der Waals surface area contributed by atoms with Crippen molar-refractivity contribution < 1.29 is 9.59 Å². The minimum atomic E-state index is -0.276. The number of benzene rings is 1. The van der Waals surface area contributed by atoms with E-state index in [0.717, 1.165) is 48.2 Å². The molecule has 0 aliphatic carbocycles. The number of aromatic nitrogens is 2. The molecule has 1 aromatic carbocycles. The summed E-state index contributed by atoms with van der Waals surface area (Å²) in [6.07, 6.45) is 5.16. The molecule has 27 heavy (non-hydrogen) atoms. The van der Waals surface area contributed by atoms with Crippen LogP contribution in [0.25, 0.3) is 0 Å². The second-order valence-corrected chi connectivity index (χ2v) is 6.75. The van der Waals surface area contributed by atoms with Crippen molar-refractivity contribution >= 4 is 17.5 Å². The summed E-state index contributed by atoms with van der Waals surface area (Å²) in [7, 11) is 0. The average Bonchev–Trinajstić information content (AvgIpc) is 3.07. The van der Waals surface area contributed by atoms with Crippen molar-refractivity contribution in [2.45, 2.75) is 46.1 Å². The Balaban J connectivity index is 1.95. The maximum Gasteiger partial charge on any atom is 0.287 e. The number of nitrogens with zero attached hydrogens (tertiary/aromatic N) is 2. The number of amides is 2. The van der Waals surface area contributed by atoms with E-state index in [4.69, 9.17) is 0 Å². The van der Waals surface area contributed by atoms with Gasteiger partial charge in [-0.05, 0) is 43.7 Å². The van der Waals surface area contributed by atoms with E-state index in [1.54, 1.807) is 6.08 Å². The van der Waals surface area contributed by atoms with Crippen LogP contribution >= 0.6 is 0 Å². The van der Waals surface area contributed by atoms with Crippen LogP contribution < -0.4 is 10.6 Å². The van der Waals surface area contributed by atoms with Gasteiger partial charge in [0.25, 0.3) is 11.8 Å². The number of carbonyl (C=O) groups excluding carboxylic acids is 2. The number of fused-ring (bicyclic) bond motifs is 1. The maximum atomic E-state index is 13.0. The fourth-order valence-corrected chi connectivity index (χ4v) is 3.52. The highest BCUT2D eigenvalue weighted by Gasteiger charge is 2.27. The van der Waals surface area contributed by atoms with Gasteiger partial charge in [0, 0.05) is 18.8 Å². The molecule has 0 saturated heterocycles. The van der Waals surface area contributed by atoms with Crippen molar-refractivity contribution in [3.63, 3.8) is 0 Å². The van der Waals surface area contributed by atoms with Crippen molar-refractivity contribution in [3.8, 4) is 0 Å². The number of imidazole rings is 1. The second-order valence-electron chi connectivity index (χ2n) is 6.75. The van der Waals surface area contributed by atoms with Crippen LogP contribution in [0.1, 0.15) is 57.7 Å². The summed E-state index contributed by atoms with van der Waals surface area (Å²) < 4.78 is 1.88. The van der Waals surface area contributed by atoms with Crippen molar-refractivity contribution in [1.82, 2.24) is 14.9 Å². The molecule has 2 heterocycles. The van der Waals surface area contributed by atoms with Gasteiger partial charge in [0.2, 0.25) is 0 Å². The molecule has 142 valence electrons. The fraction of sp³-hybridized carbons (Fsp3) is 0.381. The molecule has 2 aromatic rings. The summed E-state index contributed by atoms with van der Waals surface area (Å²) in [5.74, 6) is -0.230. The highest BCUT2D eigenvalue weighted by atomic mass is 16.2. The normalized spacial score (nSPS) is 13.0. The predicted molar refractivity (Wildman–Crippen MR) is 106 cm³/mol. The van der Waals surface area contributed by atoms with Gasteiger partial charge in [-0.3, -0.25) is 9.59 Å². The zero-order valence-electron chi connectivity index (χ0n) is 16.0. The smallest absolute Gasteiger partial charge is 0.287 e. The number of carbonyl (C=O) groups is 2. The third-order valence-corrected chi connectivity index (χ3v) is 4.92. The van der Waals surface area contributed by atoms with E-state index < -0.39 is 0 Å². The first-order valence-corrected chi connectivity index (χ1v) is 9.45. The molecule has 0 atom stereocenters. The van der Waals surface area contributed by atoms with E-state index >= 15 is 0 Å². The summed E-state index contributed by atoms with van der Waals surface area (Å²) in [5, 5.41) is 5.78. The number of para-hydroxylation sites is 1. The van der Waals surface area contributed by atoms with Gasteiger partial charge in [-0.2, -0.15) is 0 Å². The third-order valence-electron chi connectivity index (χ3n) is 4.92. The molecular weight excluding hydrogens is 340 g/mol. The highest BCUT2D eigenvalue weighted by molar-refractivity contribution is 6.05. The van der Waals surface area contributed by atoms with Crippen molar-refractivity contribution in [1.29, 1.82) is 0 Å². The Bertz CT molecular complexity index is 883. The fourth-order valence-electron chi connectivity index (χ4n) is 3.52. The molecule has 1 aliphatic rings. The zero-order valence-corrected chi connectivity index (χ0v) is 16.0. The van der Waals surface area contributed by atoms with E-state index in [1.165, 1.54) is 0 Å². The van der Waals surface area contributed by atoms with Crippen LogP contribution in [0.5, 0.6) is 0 Å². The molecule has 0 bridgehead atoms.